The van der Waals surface area contributed by atoms with Crippen molar-refractivity contribution in [3.8, 4) is 5.75 Å². The van der Waals surface area contributed by atoms with Crippen molar-refractivity contribution in [1.29, 1.82) is 0 Å². The van der Waals surface area contributed by atoms with E-state index in [9.17, 15) is 4.79 Å². The van der Waals surface area contributed by atoms with Crippen LogP contribution in [0.5, 0.6) is 5.75 Å². The van der Waals surface area contributed by atoms with E-state index in [1.165, 1.54) is 0 Å². The van der Waals surface area contributed by atoms with Gasteiger partial charge in [-0.05, 0) is 18.6 Å². The molecule has 0 aliphatic rings. The van der Waals surface area contributed by atoms with Gasteiger partial charge in [0.2, 0.25) is 5.95 Å². The van der Waals surface area contributed by atoms with Crippen LogP contribution in [0.3, 0.4) is 0 Å². The first-order chi connectivity index (χ1) is 8.19. The molecule has 0 unspecified atom stereocenters. The number of nitrogens with one attached hydrogen (secondary N) is 2. The normalized spacial score (nSPS) is 10.4. The third-order valence-electron chi connectivity index (χ3n) is 2.15. The lowest BCUT2D eigenvalue weighted by molar-refractivity contribution is 0.209. The van der Waals surface area contributed by atoms with Crippen LogP contribution in [-0.4, -0.2) is 27.8 Å². The van der Waals surface area contributed by atoms with Gasteiger partial charge >= 0.3 is 6.09 Å². The van der Waals surface area contributed by atoms with E-state index in [2.05, 4.69) is 15.3 Å². The van der Waals surface area contributed by atoms with E-state index in [4.69, 9.17) is 9.84 Å². The lowest BCUT2D eigenvalue weighted by atomic mass is 10.3. The van der Waals surface area contributed by atoms with Crippen LogP contribution in [0.4, 0.5) is 10.7 Å². The Morgan fingerprint density at radius 2 is 2.41 bits per heavy atom. The van der Waals surface area contributed by atoms with E-state index in [-0.39, 0.29) is 5.95 Å². The molecule has 0 radical (unpaired) electrons. The van der Waals surface area contributed by atoms with Gasteiger partial charge in [-0.15, -0.1) is 0 Å². The first-order valence-electron chi connectivity index (χ1n) is 5.31. The maximum absolute atomic E-state index is 10.5. The number of ether oxygens (including phenoxy) is 1. The highest BCUT2D eigenvalue weighted by molar-refractivity contribution is 5.85. The largest absolute Gasteiger partial charge is 0.494 e. The SMILES string of the molecule is CCCOc1ccc2nc(NC(=O)O)[nH]c2c1. The fourth-order valence-corrected chi connectivity index (χ4v) is 1.46. The van der Waals surface area contributed by atoms with Crippen molar-refractivity contribution in [3.05, 3.63) is 18.2 Å². The van der Waals surface area contributed by atoms with Crippen LogP contribution in [0, 0.1) is 0 Å². The quantitative estimate of drug-likeness (QED) is 0.759. The lowest BCUT2D eigenvalue weighted by Crippen LogP contribution is -2.08. The maximum atomic E-state index is 10.5. The topological polar surface area (TPSA) is 87.2 Å². The van der Waals surface area contributed by atoms with Crippen molar-refractivity contribution >= 4 is 23.1 Å². The highest BCUT2D eigenvalue weighted by Crippen LogP contribution is 2.20. The number of nitrogens with zero attached hydrogens (tertiary/aromatic N) is 1. The smallest absolute Gasteiger partial charge is 0.411 e. The number of benzene rings is 1. The van der Waals surface area contributed by atoms with Gasteiger partial charge in [0.05, 0.1) is 17.6 Å². The molecule has 0 aliphatic heterocycles. The number of fused-ring (bicyclic) bond motifs is 1. The average Bonchev–Trinajstić information content (AvgIpc) is 2.66. The van der Waals surface area contributed by atoms with Crippen molar-refractivity contribution in [3.63, 3.8) is 0 Å². The molecule has 6 heteroatoms. The maximum Gasteiger partial charge on any atom is 0.411 e. The highest BCUT2D eigenvalue weighted by Gasteiger charge is 2.06. The summed E-state index contributed by atoms with van der Waals surface area (Å²) in [5.41, 5.74) is 1.43. The number of hydrogen-bond acceptors (Lipinski definition) is 3. The van der Waals surface area contributed by atoms with Crippen LogP contribution in [0.15, 0.2) is 18.2 Å². The van der Waals surface area contributed by atoms with Crippen LogP contribution < -0.4 is 10.1 Å². The van der Waals surface area contributed by atoms with Gasteiger partial charge in [0.1, 0.15) is 5.75 Å². The number of aromatic amines is 1. The number of hydrogen-bond donors (Lipinski definition) is 3. The van der Waals surface area contributed by atoms with E-state index >= 15 is 0 Å². The van der Waals surface area contributed by atoms with Gasteiger partial charge in [-0.2, -0.15) is 0 Å². The van der Waals surface area contributed by atoms with Gasteiger partial charge < -0.3 is 14.8 Å². The molecular weight excluding hydrogens is 222 g/mol. The average molecular weight is 235 g/mol. The summed E-state index contributed by atoms with van der Waals surface area (Å²) in [5, 5.41) is 10.7. The molecule has 2 aromatic rings. The molecular formula is C11H13N3O3. The minimum absolute atomic E-state index is 0.208. The summed E-state index contributed by atoms with van der Waals surface area (Å²) in [5.74, 6) is 0.949. The molecule has 6 nitrogen and oxygen atoms in total. The predicted molar refractivity (Wildman–Crippen MR) is 63.5 cm³/mol. The van der Waals surface area contributed by atoms with Gasteiger partial charge in [-0.1, -0.05) is 6.92 Å². The highest BCUT2D eigenvalue weighted by atomic mass is 16.5. The van der Waals surface area contributed by atoms with Crippen molar-refractivity contribution in [1.82, 2.24) is 9.97 Å². The van der Waals surface area contributed by atoms with Gasteiger partial charge in [-0.25, -0.2) is 9.78 Å². The Hall–Kier alpha value is -2.24. The first-order valence-corrected chi connectivity index (χ1v) is 5.31. The first kappa shape index (κ1) is 11.3. The molecule has 90 valence electrons. The third kappa shape index (κ3) is 2.66. The fourth-order valence-electron chi connectivity index (χ4n) is 1.46. The zero-order valence-corrected chi connectivity index (χ0v) is 9.36. The van der Waals surface area contributed by atoms with Crippen LogP contribution in [-0.2, 0) is 0 Å². The van der Waals surface area contributed by atoms with Crippen molar-refractivity contribution < 1.29 is 14.6 Å². The number of aromatic nitrogens is 2. The zero-order chi connectivity index (χ0) is 12.3. The second-order valence-corrected chi connectivity index (χ2v) is 3.54. The number of carbonyl (C=O) groups is 1. The number of H-pyrrole nitrogens is 1. The molecule has 1 heterocycles. The Morgan fingerprint density at radius 3 is 3.12 bits per heavy atom. The Morgan fingerprint density at radius 1 is 1.59 bits per heavy atom. The van der Waals surface area contributed by atoms with E-state index in [1.54, 1.807) is 12.1 Å². The summed E-state index contributed by atoms with van der Waals surface area (Å²) in [7, 11) is 0. The predicted octanol–water partition coefficient (Wildman–Crippen LogP) is 2.44. The number of rotatable bonds is 4. The molecule has 1 aromatic carbocycles. The number of amides is 1. The van der Waals surface area contributed by atoms with Crippen LogP contribution in [0.2, 0.25) is 0 Å². The van der Waals surface area contributed by atoms with Gasteiger partial charge in [0.25, 0.3) is 0 Å². The summed E-state index contributed by atoms with van der Waals surface area (Å²) in [6, 6.07) is 5.39. The van der Waals surface area contributed by atoms with Crippen molar-refractivity contribution in [2.45, 2.75) is 13.3 Å². The number of anilines is 1. The van der Waals surface area contributed by atoms with Crippen LogP contribution in [0.1, 0.15) is 13.3 Å². The zero-order valence-electron chi connectivity index (χ0n) is 9.36. The molecule has 0 saturated heterocycles. The molecule has 3 N–H and O–H groups in total. The lowest BCUT2D eigenvalue weighted by Gasteiger charge is -2.02. The molecule has 0 saturated carbocycles. The van der Waals surface area contributed by atoms with Crippen molar-refractivity contribution in [2.75, 3.05) is 11.9 Å². The van der Waals surface area contributed by atoms with E-state index < -0.39 is 6.09 Å². The summed E-state index contributed by atoms with van der Waals surface area (Å²) in [6.45, 7) is 2.68. The standard InChI is InChI=1S/C11H13N3O3/c1-2-5-17-7-3-4-8-9(6-7)13-10(12-8)14-11(15)16/h3-4,6H,2,5H2,1H3,(H,15,16)(H2,12,13,14). The second-order valence-electron chi connectivity index (χ2n) is 3.54. The van der Waals surface area contributed by atoms with E-state index in [0.717, 1.165) is 17.7 Å². The Balaban J connectivity index is 2.24. The molecule has 0 spiro atoms. The molecule has 17 heavy (non-hydrogen) atoms. The van der Waals surface area contributed by atoms with Gasteiger partial charge in [-0.3, -0.25) is 5.32 Å². The molecule has 1 aromatic heterocycles. The summed E-state index contributed by atoms with van der Waals surface area (Å²) >= 11 is 0. The molecule has 0 aliphatic carbocycles. The Labute approximate surface area is 97.6 Å². The Kier molecular flexibility index (Phi) is 3.13. The number of imidazole rings is 1. The molecule has 0 fully saturated rings. The molecule has 1 amide bonds. The van der Waals surface area contributed by atoms with Crippen LogP contribution in [0.25, 0.3) is 11.0 Å². The summed E-state index contributed by atoms with van der Waals surface area (Å²) in [4.78, 5) is 17.4. The minimum Gasteiger partial charge on any atom is -0.494 e. The monoisotopic (exact) mass is 235 g/mol. The molecule has 0 bridgehead atoms. The minimum atomic E-state index is -1.15. The van der Waals surface area contributed by atoms with Crippen molar-refractivity contribution in [2.24, 2.45) is 0 Å². The number of carboxylic acid groups (broad SMARTS) is 1. The second kappa shape index (κ2) is 4.73. The Bertz CT molecular complexity index is 536. The molecule has 0 atom stereocenters. The summed E-state index contributed by atoms with van der Waals surface area (Å²) in [6.07, 6.45) is -0.209. The van der Waals surface area contributed by atoms with E-state index in [1.807, 2.05) is 13.0 Å². The molecule has 2 rings (SSSR count). The van der Waals surface area contributed by atoms with Crippen LogP contribution >= 0.6 is 0 Å². The third-order valence-corrected chi connectivity index (χ3v) is 2.15. The summed E-state index contributed by atoms with van der Waals surface area (Å²) < 4.78 is 5.47. The van der Waals surface area contributed by atoms with Gasteiger partial charge in [0.15, 0.2) is 0 Å². The van der Waals surface area contributed by atoms with Gasteiger partial charge in [0, 0.05) is 6.07 Å². The fraction of sp³-hybridized carbons (Fsp3) is 0.273. The van der Waals surface area contributed by atoms with E-state index in [0.29, 0.717) is 12.1 Å².